The van der Waals surface area contributed by atoms with Crippen molar-refractivity contribution in [2.45, 2.75) is 19.4 Å². The minimum absolute atomic E-state index is 0.0930. The van der Waals surface area contributed by atoms with E-state index in [4.69, 9.17) is 6.42 Å². The molecule has 0 aliphatic rings. The SMILES string of the molecule is C#CC(C)NCCc1ccc(F)cc1. The molecule has 1 N–H and O–H groups in total. The molecule has 0 bridgehead atoms. The Bertz CT molecular complexity index is 310. The van der Waals surface area contributed by atoms with Crippen molar-refractivity contribution in [3.63, 3.8) is 0 Å². The number of hydrogen-bond acceptors (Lipinski definition) is 1. The largest absolute Gasteiger partial charge is 0.304 e. The molecule has 0 saturated carbocycles. The minimum atomic E-state index is -0.196. The molecule has 2 heteroatoms. The van der Waals surface area contributed by atoms with Crippen molar-refractivity contribution in [1.82, 2.24) is 5.32 Å². The number of hydrogen-bond donors (Lipinski definition) is 1. The molecule has 1 aromatic carbocycles. The van der Waals surface area contributed by atoms with Crippen LogP contribution >= 0.6 is 0 Å². The van der Waals surface area contributed by atoms with Gasteiger partial charge in [0.25, 0.3) is 0 Å². The van der Waals surface area contributed by atoms with E-state index in [9.17, 15) is 4.39 Å². The van der Waals surface area contributed by atoms with Gasteiger partial charge in [0.05, 0.1) is 6.04 Å². The summed E-state index contributed by atoms with van der Waals surface area (Å²) in [5.41, 5.74) is 1.11. The molecule has 0 saturated heterocycles. The molecule has 1 atom stereocenters. The summed E-state index contributed by atoms with van der Waals surface area (Å²) in [6.07, 6.45) is 6.08. The fourth-order valence-corrected chi connectivity index (χ4v) is 1.14. The van der Waals surface area contributed by atoms with Crippen molar-refractivity contribution >= 4 is 0 Å². The molecule has 1 nitrogen and oxygen atoms in total. The predicted octanol–water partition coefficient (Wildman–Crippen LogP) is 1.98. The van der Waals surface area contributed by atoms with Crippen molar-refractivity contribution in [3.8, 4) is 12.3 Å². The van der Waals surface area contributed by atoms with Crippen LogP contribution in [0.15, 0.2) is 24.3 Å². The quantitative estimate of drug-likeness (QED) is 0.717. The van der Waals surface area contributed by atoms with Gasteiger partial charge in [-0.05, 0) is 31.0 Å². The summed E-state index contributed by atoms with van der Waals surface area (Å²) in [6, 6.07) is 6.62. The molecular formula is C12H14FN. The van der Waals surface area contributed by atoms with Gasteiger partial charge in [-0.2, -0.15) is 0 Å². The summed E-state index contributed by atoms with van der Waals surface area (Å²) in [7, 11) is 0. The molecule has 1 unspecified atom stereocenters. The highest BCUT2D eigenvalue weighted by Crippen LogP contribution is 2.02. The van der Waals surface area contributed by atoms with Crippen molar-refractivity contribution in [2.24, 2.45) is 0 Å². The maximum absolute atomic E-state index is 12.5. The molecule has 14 heavy (non-hydrogen) atoms. The van der Waals surface area contributed by atoms with Gasteiger partial charge in [0.2, 0.25) is 0 Å². The van der Waals surface area contributed by atoms with Gasteiger partial charge in [-0.25, -0.2) is 4.39 Å². The van der Waals surface area contributed by atoms with Crippen LogP contribution in [0.4, 0.5) is 4.39 Å². The Morgan fingerprint density at radius 1 is 1.43 bits per heavy atom. The summed E-state index contributed by atoms with van der Waals surface area (Å²) < 4.78 is 12.5. The normalized spacial score (nSPS) is 12.1. The average Bonchev–Trinajstić information content (AvgIpc) is 2.21. The highest BCUT2D eigenvalue weighted by atomic mass is 19.1. The molecule has 0 aliphatic carbocycles. The molecule has 74 valence electrons. The Kier molecular flexibility index (Phi) is 4.15. The second kappa shape index (κ2) is 5.41. The summed E-state index contributed by atoms with van der Waals surface area (Å²) >= 11 is 0. The molecule has 0 amide bonds. The van der Waals surface area contributed by atoms with Crippen LogP contribution in [0.25, 0.3) is 0 Å². The standard InChI is InChI=1S/C12H14FN/c1-3-10(2)14-9-8-11-4-6-12(13)7-5-11/h1,4-7,10,14H,8-9H2,2H3. The first-order valence-electron chi connectivity index (χ1n) is 4.66. The van der Waals surface area contributed by atoms with Crippen molar-refractivity contribution < 1.29 is 4.39 Å². The number of nitrogens with one attached hydrogen (secondary N) is 1. The van der Waals surface area contributed by atoms with Crippen LogP contribution < -0.4 is 5.32 Å². The number of rotatable bonds is 4. The van der Waals surface area contributed by atoms with Gasteiger partial charge in [0.1, 0.15) is 5.82 Å². The Balaban J connectivity index is 2.32. The Morgan fingerprint density at radius 3 is 2.64 bits per heavy atom. The van der Waals surface area contributed by atoms with Crippen LogP contribution in [0.5, 0.6) is 0 Å². The van der Waals surface area contributed by atoms with E-state index in [2.05, 4.69) is 11.2 Å². The molecule has 0 aliphatic heterocycles. The van der Waals surface area contributed by atoms with Crippen LogP contribution in [-0.2, 0) is 6.42 Å². The van der Waals surface area contributed by atoms with Gasteiger partial charge < -0.3 is 5.32 Å². The lowest BCUT2D eigenvalue weighted by molar-refractivity contribution is 0.624. The van der Waals surface area contributed by atoms with Crippen molar-refractivity contribution in [3.05, 3.63) is 35.6 Å². The van der Waals surface area contributed by atoms with Crippen LogP contribution in [0, 0.1) is 18.2 Å². The summed E-state index contributed by atoms with van der Waals surface area (Å²) in [4.78, 5) is 0. The maximum Gasteiger partial charge on any atom is 0.123 e. The Labute approximate surface area is 84.3 Å². The van der Waals surface area contributed by atoms with Crippen LogP contribution in [0.1, 0.15) is 12.5 Å². The second-order valence-electron chi connectivity index (χ2n) is 3.22. The van der Waals surface area contributed by atoms with Crippen LogP contribution in [-0.4, -0.2) is 12.6 Å². The second-order valence-corrected chi connectivity index (χ2v) is 3.22. The Hall–Kier alpha value is -1.33. The van der Waals surface area contributed by atoms with Gasteiger partial charge in [-0.3, -0.25) is 0 Å². The van der Waals surface area contributed by atoms with Gasteiger partial charge in [0, 0.05) is 6.54 Å². The van der Waals surface area contributed by atoms with Crippen molar-refractivity contribution in [2.75, 3.05) is 6.54 Å². The zero-order valence-corrected chi connectivity index (χ0v) is 8.26. The lowest BCUT2D eigenvalue weighted by atomic mass is 10.1. The molecule has 0 spiro atoms. The summed E-state index contributed by atoms with van der Waals surface area (Å²) in [6.45, 7) is 2.75. The zero-order chi connectivity index (χ0) is 10.4. The molecule has 0 fully saturated rings. The van der Waals surface area contributed by atoms with Crippen LogP contribution in [0.2, 0.25) is 0 Å². The van der Waals surface area contributed by atoms with E-state index in [-0.39, 0.29) is 11.9 Å². The lowest BCUT2D eigenvalue weighted by Crippen LogP contribution is -2.26. The fourth-order valence-electron chi connectivity index (χ4n) is 1.14. The summed E-state index contributed by atoms with van der Waals surface area (Å²) in [5.74, 6) is 2.39. The lowest BCUT2D eigenvalue weighted by Gasteiger charge is -2.06. The highest BCUT2D eigenvalue weighted by molar-refractivity contribution is 5.16. The average molecular weight is 191 g/mol. The third kappa shape index (κ3) is 3.59. The smallest absolute Gasteiger partial charge is 0.123 e. The molecule has 1 aromatic rings. The molecule has 0 radical (unpaired) electrons. The Morgan fingerprint density at radius 2 is 2.07 bits per heavy atom. The molecule has 0 aromatic heterocycles. The van der Waals surface area contributed by atoms with Gasteiger partial charge >= 0.3 is 0 Å². The highest BCUT2D eigenvalue weighted by Gasteiger charge is 1.96. The third-order valence-electron chi connectivity index (χ3n) is 2.03. The topological polar surface area (TPSA) is 12.0 Å². The van der Waals surface area contributed by atoms with Crippen molar-refractivity contribution in [1.29, 1.82) is 0 Å². The van der Waals surface area contributed by atoms with Gasteiger partial charge in [0.15, 0.2) is 0 Å². The van der Waals surface area contributed by atoms with E-state index < -0.39 is 0 Å². The van der Waals surface area contributed by atoms with E-state index >= 15 is 0 Å². The fraction of sp³-hybridized carbons (Fsp3) is 0.333. The molecule has 0 heterocycles. The first kappa shape index (κ1) is 10.7. The van der Waals surface area contributed by atoms with Gasteiger partial charge in [-0.1, -0.05) is 18.1 Å². The van der Waals surface area contributed by atoms with E-state index in [1.807, 2.05) is 6.92 Å². The monoisotopic (exact) mass is 191 g/mol. The first-order valence-corrected chi connectivity index (χ1v) is 4.66. The predicted molar refractivity (Wildman–Crippen MR) is 56.4 cm³/mol. The zero-order valence-electron chi connectivity index (χ0n) is 8.26. The van der Waals surface area contributed by atoms with E-state index in [1.165, 1.54) is 12.1 Å². The third-order valence-corrected chi connectivity index (χ3v) is 2.03. The van der Waals surface area contributed by atoms with E-state index in [1.54, 1.807) is 12.1 Å². The minimum Gasteiger partial charge on any atom is -0.304 e. The number of terminal acetylenes is 1. The van der Waals surface area contributed by atoms with E-state index in [0.29, 0.717) is 0 Å². The number of benzene rings is 1. The first-order chi connectivity index (χ1) is 6.72. The maximum atomic E-state index is 12.5. The van der Waals surface area contributed by atoms with E-state index in [0.717, 1.165) is 18.5 Å². The van der Waals surface area contributed by atoms with Gasteiger partial charge in [-0.15, -0.1) is 6.42 Å². The number of halogens is 1. The molecule has 1 rings (SSSR count). The van der Waals surface area contributed by atoms with Crippen LogP contribution in [0.3, 0.4) is 0 Å². The molecular weight excluding hydrogens is 177 g/mol. The summed E-state index contributed by atoms with van der Waals surface area (Å²) in [5, 5.41) is 3.17.